The number of anilines is 1. The van der Waals surface area contributed by atoms with Gasteiger partial charge in [-0.05, 0) is 88.8 Å². The van der Waals surface area contributed by atoms with Crippen LogP contribution in [0.25, 0.3) is 0 Å². The molecular formula is C25H19ClIN3O4S. The van der Waals surface area contributed by atoms with E-state index in [1.54, 1.807) is 29.2 Å². The number of amidine groups is 1. The van der Waals surface area contributed by atoms with Gasteiger partial charge in [-0.1, -0.05) is 29.4 Å². The number of benzene rings is 3. The van der Waals surface area contributed by atoms with Crippen LogP contribution in [0.3, 0.4) is 0 Å². The summed E-state index contributed by atoms with van der Waals surface area (Å²) in [7, 11) is 0. The van der Waals surface area contributed by atoms with Crippen LogP contribution in [0.1, 0.15) is 12.0 Å². The summed E-state index contributed by atoms with van der Waals surface area (Å²) >= 11 is 9.49. The highest BCUT2D eigenvalue weighted by Gasteiger charge is 2.36. The van der Waals surface area contributed by atoms with Crippen LogP contribution in [-0.4, -0.2) is 33.9 Å². The second-order valence-corrected chi connectivity index (χ2v) is 10.7. The monoisotopic (exact) mass is 619 g/mol. The Bertz CT molecular complexity index is 1300. The quantitative estimate of drug-likeness (QED) is 0.364. The number of nitrogens with zero attached hydrogens (tertiary/aromatic N) is 2. The molecule has 1 N–H and O–H groups in total. The van der Waals surface area contributed by atoms with Gasteiger partial charge in [0.15, 0.2) is 16.7 Å². The number of hydrogen-bond donors (Lipinski definition) is 1. The summed E-state index contributed by atoms with van der Waals surface area (Å²) in [6.07, 6.45) is 0.0606. The molecule has 2 heterocycles. The van der Waals surface area contributed by atoms with Crippen molar-refractivity contribution in [1.29, 1.82) is 0 Å². The zero-order valence-electron chi connectivity index (χ0n) is 18.2. The zero-order valence-corrected chi connectivity index (χ0v) is 22.0. The Labute approximate surface area is 225 Å². The molecule has 10 heteroatoms. The summed E-state index contributed by atoms with van der Waals surface area (Å²) in [6, 6.07) is 20.1. The molecule has 2 aliphatic heterocycles. The zero-order chi connectivity index (χ0) is 24.4. The Morgan fingerprint density at radius 3 is 2.60 bits per heavy atom. The number of rotatable bonds is 5. The first-order valence-electron chi connectivity index (χ1n) is 10.7. The van der Waals surface area contributed by atoms with Gasteiger partial charge in [0.25, 0.3) is 0 Å². The number of hydrogen-bond acceptors (Lipinski definition) is 6. The second-order valence-electron chi connectivity index (χ2n) is 7.85. The minimum Gasteiger partial charge on any atom is -0.454 e. The molecule has 178 valence electrons. The molecule has 0 bridgehead atoms. The summed E-state index contributed by atoms with van der Waals surface area (Å²) in [6.45, 7) is 0.471. The molecule has 1 saturated heterocycles. The summed E-state index contributed by atoms with van der Waals surface area (Å²) in [5.74, 6) is 0.897. The van der Waals surface area contributed by atoms with E-state index < -0.39 is 5.25 Å². The molecule has 0 spiro atoms. The first-order chi connectivity index (χ1) is 16.9. The van der Waals surface area contributed by atoms with Crippen molar-refractivity contribution in [3.63, 3.8) is 0 Å². The van der Waals surface area contributed by atoms with Gasteiger partial charge in [-0.25, -0.2) is 4.99 Å². The third-order valence-corrected chi connectivity index (χ3v) is 7.53. The van der Waals surface area contributed by atoms with Gasteiger partial charge in [-0.2, -0.15) is 0 Å². The van der Waals surface area contributed by atoms with Crippen LogP contribution < -0.4 is 14.8 Å². The summed E-state index contributed by atoms with van der Waals surface area (Å²) < 4.78 is 11.9. The molecule has 1 fully saturated rings. The van der Waals surface area contributed by atoms with E-state index in [4.69, 9.17) is 26.1 Å². The molecule has 0 aliphatic carbocycles. The summed E-state index contributed by atoms with van der Waals surface area (Å²) in [5, 5.41) is 3.34. The van der Waals surface area contributed by atoms with Gasteiger partial charge < -0.3 is 14.8 Å². The lowest BCUT2D eigenvalue weighted by molar-refractivity contribution is -0.129. The van der Waals surface area contributed by atoms with Crippen molar-refractivity contribution >= 4 is 74.3 Å². The maximum absolute atomic E-state index is 13.3. The topological polar surface area (TPSA) is 80.2 Å². The molecule has 2 amide bonds. The number of carbonyl (C=O) groups is 2. The Morgan fingerprint density at radius 1 is 1.09 bits per heavy atom. The Balaban J connectivity index is 1.40. The lowest BCUT2D eigenvalue weighted by atomic mass is 10.1. The Morgan fingerprint density at radius 2 is 1.83 bits per heavy atom. The van der Waals surface area contributed by atoms with E-state index in [9.17, 15) is 9.59 Å². The maximum atomic E-state index is 13.3. The smallest absolute Gasteiger partial charge is 0.238 e. The molecular weight excluding hydrogens is 601 g/mol. The van der Waals surface area contributed by atoms with Crippen molar-refractivity contribution in [1.82, 2.24) is 4.90 Å². The van der Waals surface area contributed by atoms with Crippen molar-refractivity contribution in [2.45, 2.75) is 18.2 Å². The third-order valence-electron chi connectivity index (χ3n) is 5.37. The minimum absolute atomic E-state index is 0.0606. The van der Waals surface area contributed by atoms with Crippen molar-refractivity contribution in [3.05, 3.63) is 80.9 Å². The normalized spacial score (nSPS) is 18.1. The highest BCUT2D eigenvalue weighted by Crippen LogP contribution is 2.35. The summed E-state index contributed by atoms with van der Waals surface area (Å²) in [4.78, 5) is 32.6. The molecule has 0 saturated carbocycles. The summed E-state index contributed by atoms with van der Waals surface area (Å²) in [5.41, 5.74) is 2.19. The van der Waals surface area contributed by atoms with E-state index in [-0.39, 0.29) is 25.0 Å². The van der Waals surface area contributed by atoms with Gasteiger partial charge in [0.1, 0.15) is 5.25 Å². The predicted molar refractivity (Wildman–Crippen MR) is 145 cm³/mol. The van der Waals surface area contributed by atoms with Gasteiger partial charge in [0, 0.05) is 20.7 Å². The number of halogens is 2. The highest BCUT2D eigenvalue weighted by molar-refractivity contribution is 14.1. The maximum Gasteiger partial charge on any atom is 0.238 e. The highest BCUT2D eigenvalue weighted by atomic mass is 127. The largest absolute Gasteiger partial charge is 0.454 e. The SMILES string of the molecule is O=C(Nc1ccc(I)cc1)C1CC(=O)N(Cc2ccc3c(c2)OCO3)C(=Nc2ccc(Cl)cc2)S1. The van der Waals surface area contributed by atoms with E-state index in [0.29, 0.717) is 39.6 Å². The van der Waals surface area contributed by atoms with Gasteiger partial charge in [-0.15, -0.1) is 0 Å². The van der Waals surface area contributed by atoms with Crippen LogP contribution in [0, 0.1) is 3.57 Å². The number of amides is 2. The van der Waals surface area contributed by atoms with Crippen LogP contribution in [0.5, 0.6) is 11.5 Å². The number of aliphatic imine (C=N–C) groups is 1. The standard InChI is InChI=1S/C25H19ClIN3O4S/c26-16-2-6-19(7-3-16)29-25-30(13-15-1-10-20-21(11-15)34-14-33-20)23(31)12-22(35-25)24(32)28-18-8-4-17(27)5-9-18/h1-11,22H,12-14H2,(H,28,32). The van der Waals surface area contributed by atoms with Crippen molar-refractivity contribution in [2.75, 3.05) is 12.1 Å². The molecule has 0 radical (unpaired) electrons. The number of thioether (sulfide) groups is 1. The van der Waals surface area contributed by atoms with Crippen LogP contribution in [-0.2, 0) is 16.1 Å². The fourth-order valence-corrected chi connectivity index (χ4v) is 5.18. The molecule has 7 nitrogen and oxygen atoms in total. The Hall–Kier alpha value is -2.76. The van der Waals surface area contributed by atoms with Gasteiger partial charge in [-0.3, -0.25) is 14.5 Å². The minimum atomic E-state index is -0.610. The van der Waals surface area contributed by atoms with Crippen molar-refractivity contribution in [3.8, 4) is 11.5 Å². The average molecular weight is 620 g/mol. The fraction of sp³-hybridized carbons (Fsp3) is 0.160. The lowest BCUT2D eigenvalue weighted by Crippen LogP contribution is -2.44. The number of carbonyl (C=O) groups excluding carboxylic acids is 2. The van der Waals surface area contributed by atoms with Crippen LogP contribution in [0.4, 0.5) is 11.4 Å². The molecule has 2 aliphatic rings. The van der Waals surface area contributed by atoms with E-state index in [2.05, 4.69) is 27.9 Å². The fourth-order valence-electron chi connectivity index (χ4n) is 3.60. The van der Waals surface area contributed by atoms with E-state index >= 15 is 0 Å². The van der Waals surface area contributed by atoms with E-state index in [1.165, 1.54) is 11.8 Å². The molecule has 1 unspecified atom stereocenters. The molecule has 5 rings (SSSR count). The molecule has 0 aromatic heterocycles. The molecule has 3 aromatic carbocycles. The lowest BCUT2D eigenvalue weighted by Gasteiger charge is -2.32. The van der Waals surface area contributed by atoms with Crippen LogP contribution in [0.2, 0.25) is 5.02 Å². The molecule has 1 atom stereocenters. The number of ether oxygens (including phenoxy) is 2. The van der Waals surface area contributed by atoms with Crippen LogP contribution in [0.15, 0.2) is 71.7 Å². The average Bonchev–Trinajstić information content (AvgIpc) is 3.32. The second kappa shape index (κ2) is 10.5. The number of fused-ring (bicyclic) bond motifs is 1. The third kappa shape index (κ3) is 5.74. The Kier molecular flexibility index (Phi) is 7.17. The predicted octanol–water partition coefficient (Wildman–Crippen LogP) is 5.83. The van der Waals surface area contributed by atoms with Gasteiger partial charge in [0.2, 0.25) is 18.6 Å². The molecule has 3 aromatic rings. The van der Waals surface area contributed by atoms with Gasteiger partial charge in [0.05, 0.1) is 12.2 Å². The van der Waals surface area contributed by atoms with Crippen molar-refractivity contribution in [2.24, 2.45) is 4.99 Å². The van der Waals surface area contributed by atoms with Crippen LogP contribution >= 0.6 is 46.0 Å². The van der Waals surface area contributed by atoms with Crippen molar-refractivity contribution < 1.29 is 19.1 Å². The van der Waals surface area contributed by atoms with E-state index in [0.717, 1.165) is 9.13 Å². The molecule has 35 heavy (non-hydrogen) atoms. The van der Waals surface area contributed by atoms with Gasteiger partial charge >= 0.3 is 0 Å². The number of nitrogens with one attached hydrogen (secondary N) is 1. The van der Waals surface area contributed by atoms with E-state index in [1.807, 2.05) is 42.5 Å². The first kappa shape index (κ1) is 24.0. The first-order valence-corrected chi connectivity index (χ1v) is 13.0.